The SMILES string of the molecule is CCOC(=O)/C=C(/C[C@@H](O)c1ccco1)OCC. The second-order valence-electron chi connectivity index (χ2n) is 3.53. The number of aliphatic hydroxyl groups excluding tert-OH is 1. The minimum atomic E-state index is -0.841. The fraction of sp³-hybridized carbons (Fsp3) is 0.462. The van der Waals surface area contributed by atoms with Gasteiger partial charge in [0.05, 0.1) is 25.6 Å². The van der Waals surface area contributed by atoms with Crippen LogP contribution in [0.5, 0.6) is 0 Å². The number of furan rings is 1. The van der Waals surface area contributed by atoms with E-state index in [0.29, 0.717) is 24.7 Å². The molecule has 0 saturated carbocycles. The zero-order valence-electron chi connectivity index (χ0n) is 10.6. The predicted octanol–water partition coefficient (Wildman–Crippen LogP) is 2.19. The highest BCUT2D eigenvalue weighted by molar-refractivity contribution is 5.82. The number of esters is 1. The first-order chi connectivity index (χ1) is 8.67. The molecular formula is C13H18O5. The van der Waals surface area contributed by atoms with E-state index < -0.39 is 12.1 Å². The molecule has 5 nitrogen and oxygen atoms in total. The molecule has 0 spiro atoms. The molecule has 0 amide bonds. The molecule has 1 aromatic rings. The largest absolute Gasteiger partial charge is 0.498 e. The van der Waals surface area contributed by atoms with Crippen LogP contribution in [0.3, 0.4) is 0 Å². The molecule has 0 unspecified atom stereocenters. The lowest BCUT2D eigenvalue weighted by Crippen LogP contribution is -2.06. The number of hydrogen-bond donors (Lipinski definition) is 1. The smallest absolute Gasteiger partial charge is 0.334 e. The zero-order chi connectivity index (χ0) is 13.4. The summed E-state index contributed by atoms with van der Waals surface area (Å²) in [7, 11) is 0. The van der Waals surface area contributed by atoms with Crippen molar-refractivity contribution in [3.05, 3.63) is 36.0 Å². The van der Waals surface area contributed by atoms with E-state index >= 15 is 0 Å². The van der Waals surface area contributed by atoms with Crippen LogP contribution < -0.4 is 0 Å². The van der Waals surface area contributed by atoms with Gasteiger partial charge in [-0.15, -0.1) is 0 Å². The topological polar surface area (TPSA) is 68.9 Å². The number of rotatable bonds is 7. The van der Waals surface area contributed by atoms with Gasteiger partial charge in [0.25, 0.3) is 0 Å². The van der Waals surface area contributed by atoms with Crippen LogP contribution in [0.2, 0.25) is 0 Å². The maximum atomic E-state index is 11.3. The maximum Gasteiger partial charge on any atom is 0.334 e. The van der Waals surface area contributed by atoms with E-state index in [-0.39, 0.29) is 6.42 Å². The second kappa shape index (κ2) is 7.55. The van der Waals surface area contributed by atoms with Crippen LogP contribution in [0.15, 0.2) is 34.6 Å². The van der Waals surface area contributed by atoms with Gasteiger partial charge in [0, 0.05) is 6.42 Å². The molecule has 1 aromatic heterocycles. The van der Waals surface area contributed by atoms with E-state index in [2.05, 4.69) is 0 Å². The van der Waals surface area contributed by atoms with Crippen molar-refractivity contribution in [2.45, 2.75) is 26.4 Å². The summed E-state index contributed by atoms with van der Waals surface area (Å²) in [6, 6.07) is 3.35. The van der Waals surface area contributed by atoms with Crippen LogP contribution in [0, 0.1) is 0 Å². The molecule has 0 radical (unpaired) electrons. The summed E-state index contributed by atoms with van der Waals surface area (Å²) < 4.78 is 15.2. The van der Waals surface area contributed by atoms with E-state index in [9.17, 15) is 9.90 Å². The van der Waals surface area contributed by atoms with Crippen molar-refractivity contribution >= 4 is 5.97 Å². The van der Waals surface area contributed by atoms with Gasteiger partial charge in [0.15, 0.2) is 0 Å². The summed E-state index contributed by atoms with van der Waals surface area (Å²) in [5, 5.41) is 9.88. The van der Waals surface area contributed by atoms with Crippen molar-refractivity contribution in [1.29, 1.82) is 0 Å². The average molecular weight is 254 g/mol. The van der Waals surface area contributed by atoms with Gasteiger partial charge in [-0.05, 0) is 26.0 Å². The maximum absolute atomic E-state index is 11.3. The van der Waals surface area contributed by atoms with Crippen LogP contribution in [-0.4, -0.2) is 24.3 Å². The number of carbonyl (C=O) groups is 1. The molecular weight excluding hydrogens is 236 g/mol. The highest BCUT2D eigenvalue weighted by Crippen LogP contribution is 2.21. The molecule has 0 aliphatic rings. The van der Waals surface area contributed by atoms with E-state index in [1.54, 1.807) is 26.0 Å². The summed E-state index contributed by atoms with van der Waals surface area (Å²) in [5.74, 6) is 0.330. The Morgan fingerprint density at radius 2 is 2.17 bits per heavy atom. The Bertz CT molecular complexity index is 380. The van der Waals surface area contributed by atoms with Gasteiger partial charge in [-0.1, -0.05) is 0 Å². The minimum absolute atomic E-state index is 0.167. The summed E-state index contributed by atoms with van der Waals surface area (Å²) in [5.41, 5.74) is 0. The Labute approximate surface area is 106 Å². The quantitative estimate of drug-likeness (QED) is 0.459. The molecule has 1 N–H and O–H groups in total. The lowest BCUT2D eigenvalue weighted by molar-refractivity contribution is -0.137. The van der Waals surface area contributed by atoms with Gasteiger partial charge in [-0.3, -0.25) is 0 Å². The normalized spacial score (nSPS) is 13.2. The Morgan fingerprint density at radius 3 is 2.72 bits per heavy atom. The van der Waals surface area contributed by atoms with Crippen molar-refractivity contribution in [3.8, 4) is 0 Å². The molecule has 18 heavy (non-hydrogen) atoms. The van der Waals surface area contributed by atoms with Crippen molar-refractivity contribution in [2.75, 3.05) is 13.2 Å². The van der Waals surface area contributed by atoms with Gasteiger partial charge >= 0.3 is 5.97 Å². The fourth-order valence-electron chi connectivity index (χ4n) is 1.43. The fourth-order valence-corrected chi connectivity index (χ4v) is 1.43. The minimum Gasteiger partial charge on any atom is -0.498 e. The Kier molecular flexibility index (Phi) is 6.00. The summed E-state index contributed by atoms with van der Waals surface area (Å²) in [6.07, 6.45) is 2.06. The molecule has 100 valence electrons. The van der Waals surface area contributed by atoms with Crippen LogP contribution in [0.1, 0.15) is 32.1 Å². The summed E-state index contributed by atoms with van der Waals surface area (Å²) >= 11 is 0. The number of aliphatic hydroxyl groups is 1. The average Bonchev–Trinajstić information content (AvgIpc) is 2.82. The highest BCUT2D eigenvalue weighted by Gasteiger charge is 2.15. The van der Waals surface area contributed by atoms with Crippen molar-refractivity contribution in [3.63, 3.8) is 0 Å². The second-order valence-corrected chi connectivity index (χ2v) is 3.53. The highest BCUT2D eigenvalue weighted by atomic mass is 16.5. The van der Waals surface area contributed by atoms with Gasteiger partial charge < -0.3 is 19.0 Å². The van der Waals surface area contributed by atoms with Crippen LogP contribution in [0.4, 0.5) is 0 Å². The molecule has 0 bridgehead atoms. The molecule has 0 aliphatic carbocycles. The molecule has 5 heteroatoms. The monoisotopic (exact) mass is 254 g/mol. The van der Waals surface area contributed by atoms with E-state index in [4.69, 9.17) is 13.9 Å². The third kappa shape index (κ3) is 4.63. The Hall–Kier alpha value is -1.75. The molecule has 0 aromatic carbocycles. The van der Waals surface area contributed by atoms with Crippen molar-refractivity contribution in [1.82, 2.24) is 0 Å². The molecule has 1 heterocycles. The molecule has 0 saturated heterocycles. The van der Waals surface area contributed by atoms with Gasteiger partial charge in [0.2, 0.25) is 0 Å². The van der Waals surface area contributed by atoms with Gasteiger partial charge in [-0.2, -0.15) is 0 Å². The Morgan fingerprint density at radius 1 is 1.44 bits per heavy atom. The lowest BCUT2D eigenvalue weighted by atomic mass is 10.1. The van der Waals surface area contributed by atoms with Crippen molar-refractivity contribution in [2.24, 2.45) is 0 Å². The van der Waals surface area contributed by atoms with Gasteiger partial charge in [-0.25, -0.2) is 4.79 Å². The van der Waals surface area contributed by atoms with Crippen LogP contribution in [-0.2, 0) is 14.3 Å². The first-order valence-corrected chi connectivity index (χ1v) is 5.89. The van der Waals surface area contributed by atoms with E-state index in [1.165, 1.54) is 12.3 Å². The van der Waals surface area contributed by atoms with Gasteiger partial charge in [0.1, 0.15) is 17.6 Å². The molecule has 1 atom stereocenters. The summed E-state index contributed by atoms with van der Waals surface area (Å²) in [4.78, 5) is 11.3. The molecule has 0 fully saturated rings. The third-order valence-corrected chi connectivity index (χ3v) is 2.16. The molecule has 0 aliphatic heterocycles. The molecule has 1 rings (SSSR count). The van der Waals surface area contributed by atoms with E-state index in [0.717, 1.165) is 0 Å². The summed E-state index contributed by atoms with van der Waals surface area (Å²) in [6.45, 7) is 4.24. The van der Waals surface area contributed by atoms with Crippen molar-refractivity contribution < 1.29 is 23.8 Å². The standard InChI is InChI=1S/C13H18O5/c1-3-16-10(9-13(15)17-4-2)8-11(14)12-6-5-7-18-12/h5-7,9,11,14H,3-4,8H2,1-2H3/b10-9-/t11-/m1/s1. The zero-order valence-corrected chi connectivity index (χ0v) is 10.6. The predicted molar refractivity (Wildman–Crippen MR) is 64.6 cm³/mol. The Balaban J connectivity index is 2.65. The first-order valence-electron chi connectivity index (χ1n) is 5.89. The first kappa shape index (κ1) is 14.3. The number of ether oxygens (including phenoxy) is 2. The lowest BCUT2D eigenvalue weighted by Gasteiger charge is -2.12. The van der Waals surface area contributed by atoms with Crippen LogP contribution in [0.25, 0.3) is 0 Å². The number of carbonyl (C=O) groups excluding carboxylic acids is 1. The van der Waals surface area contributed by atoms with E-state index in [1.807, 2.05) is 0 Å². The third-order valence-electron chi connectivity index (χ3n) is 2.16. The number of hydrogen-bond acceptors (Lipinski definition) is 5. The van der Waals surface area contributed by atoms with Crippen LogP contribution >= 0.6 is 0 Å².